The van der Waals surface area contributed by atoms with E-state index in [4.69, 9.17) is 4.80 Å². The molecule has 0 radical (unpaired) electrons. The maximum Gasteiger partial charge on any atom is 0.676 e. The summed E-state index contributed by atoms with van der Waals surface area (Å²) in [6.45, 7) is 0. The molecule has 0 aliphatic carbocycles. The molecule has 0 aliphatic rings. The Labute approximate surface area is 61.6 Å². The van der Waals surface area contributed by atoms with Gasteiger partial charge in [-0.3, -0.25) is 0 Å². The first-order chi connectivity index (χ1) is 3.68. The van der Waals surface area contributed by atoms with Gasteiger partial charge in [0.1, 0.15) is 0 Å². The van der Waals surface area contributed by atoms with Crippen molar-refractivity contribution in [2.24, 2.45) is 0 Å². The Morgan fingerprint density at radius 1 is 1.00 bits per heavy atom. The van der Waals surface area contributed by atoms with Crippen molar-refractivity contribution in [1.29, 1.82) is 0 Å². The van der Waals surface area contributed by atoms with Crippen LogP contribution in [0.15, 0.2) is 0 Å². The molecule has 0 aromatic heterocycles. The van der Waals surface area contributed by atoms with E-state index in [9.17, 15) is 0 Å². The predicted molar refractivity (Wildman–Crippen MR) is 36.2 cm³/mol. The second-order valence-corrected chi connectivity index (χ2v) is 3.41. The summed E-state index contributed by atoms with van der Waals surface area (Å²) in [5, 5.41) is 0. The molecule has 9 heavy (non-hydrogen) atoms. The fourth-order valence-electron chi connectivity index (χ4n) is 0.250. The topological polar surface area (TPSA) is 47.9 Å². The van der Waals surface area contributed by atoms with E-state index in [1.807, 2.05) is 0 Å². The van der Waals surface area contributed by atoms with Gasteiger partial charge in [0.05, 0.1) is 0 Å². The Bertz CT molecular complexity index is 58.6. The third-order valence-electron chi connectivity index (χ3n) is 0.774. The smallest absolute Gasteiger partial charge is 0.367 e. The largest absolute Gasteiger partial charge is 0.676 e. The van der Waals surface area contributed by atoms with Crippen molar-refractivity contribution in [1.82, 2.24) is 0 Å². The number of hydrogen-bond acceptors (Lipinski definition) is 4. The van der Waals surface area contributed by atoms with Crippen LogP contribution in [-0.2, 0) is 13.3 Å². The molecule has 1 N–H and O–H groups in total. The van der Waals surface area contributed by atoms with Crippen LogP contribution in [-0.4, -0.2) is 35.2 Å². The van der Waals surface area contributed by atoms with Gasteiger partial charge in [0.2, 0.25) is 0 Å². The lowest BCUT2D eigenvalue weighted by atomic mass is 11.8. The molecule has 4 nitrogen and oxygen atoms in total. The predicted octanol–water partition coefficient (Wildman–Crippen LogP) is -0.225. The first kappa shape index (κ1) is 12.1. The van der Waals surface area contributed by atoms with E-state index in [0.717, 1.165) is 0 Å². The summed E-state index contributed by atoms with van der Waals surface area (Å²) in [7, 11) is 0.826. The molecule has 0 aliphatic heterocycles. The van der Waals surface area contributed by atoms with E-state index in [-0.39, 0.29) is 12.4 Å². The second kappa shape index (κ2) is 5.16. The van der Waals surface area contributed by atoms with Gasteiger partial charge in [0, 0.05) is 21.3 Å². The van der Waals surface area contributed by atoms with Crippen LogP contribution in [0.3, 0.4) is 0 Å². The minimum Gasteiger partial charge on any atom is -0.367 e. The molecular weight excluding hydrogens is 164 g/mol. The lowest BCUT2D eigenvalue weighted by Crippen LogP contribution is -2.42. The lowest BCUT2D eigenvalue weighted by Gasteiger charge is -2.14. The van der Waals surface area contributed by atoms with Crippen molar-refractivity contribution in [3.05, 3.63) is 0 Å². The summed E-state index contributed by atoms with van der Waals surface area (Å²) in [6.07, 6.45) is 0. The molecular formula is C3H11ClO4Si. The maximum atomic E-state index is 8.91. The molecule has 0 aromatic carbocycles. The highest BCUT2D eigenvalue weighted by Gasteiger charge is 2.36. The van der Waals surface area contributed by atoms with Gasteiger partial charge in [-0.1, -0.05) is 0 Å². The van der Waals surface area contributed by atoms with E-state index in [1.54, 1.807) is 0 Å². The van der Waals surface area contributed by atoms with Crippen LogP contribution in [0.1, 0.15) is 0 Å². The van der Waals surface area contributed by atoms with Crippen molar-refractivity contribution in [2.45, 2.75) is 0 Å². The van der Waals surface area contributed by atoms with Gasteiger partial charge >= 0.3 is 9.05 Å². The average molecular weight is 175 g/mol. The van der Waals surface area contributed by atoms with Gasteiger partial charge in [0.15, 0.2) is 0 Å². The van der Waals surface area contributed by atoms with Crippen LogP contribution in [0.5, 0.6) is 0 Å². The number of halogens is 1. The van der Waals surface area contributed by atoms with Crippen LogP contribution < -0.4 is 0 Å². The highest BCUT2D eigenvalue weighted by atomic mass is 35.5. The van der Waals surface area contributed by atoms with E-state index in [1.165, 1.54) is 21.3 Å². The summed E-state index contributed by atoms with van der Waals surface area (Å²) >= 11 is 0. The summed E-state index contributed by atoms with van der Waals surface area (Å²) in [5.41, 5.74) is 0. The molecule has 0 fully saturated rings. The van der Waals surface area contributed by atoms with Crippen LogP contribution in [0, 0.1) is 0 Å². The second-order valence-electron chi connectivity index (χ2n) is 1.14. The van der Waals surface area contributed by atoms with E-state index < -0.39 is 9.05 Å². The minimum atomic E-state index is -3.17. The summed E-state index contributed by atoms with van der Waals surface area (Å²) < 4.78 is 13.5. The third kappa shape index (κ3) is 3.85. The highest BCUT2D eigenvalue weighted by molar-refractivity contribution is 6.51. The third-order valence-corrected chi connectivity index (χ3v) is 2.32. The molecule has 0 saturated heterocycles. The highest BCUT2D eigenvalue weighted by Crippen LogP contribution is 1.97. The molecule has 0 aromatic rings. The van der Waals surface area contributed by atoms with Gasteiger partial charge in [-0.15, -0.1) is 12.4 Å². The summed E-state index contributed by atoms with van der Waals surface area (Å²) in [6, 6.07) is 0. The molecule has 0 amide bonds. The van der Waals surface area contributed by atoms with Gasteiger partial charge < -0.3 is 18.1 Å². The van der Waals surface area contributed by atoms with Gasteiger partial charge in [-0.2, -0.15) is 0 Å². The molecule has 0 atom stereocenters. The Morgan fingerprint density at radius 3 is 1.22 bits per heavy atom. The van der Waals surface area contributed by atoms with Crippen molar-refractivity contribution in [2.75, 3.05) is 21.3 Å². The maximum absolute atomic E-state index is 8.91. The standard InChI is InChI=1S/C3H10O4Si.ClH/c1-5-8(4,6-2)7-3;/h4H,1-3H3;1H. The Balaban J connectivity index is 0. The van der Waals surface area contributed by atoms with E-state index in [0.29, 0.717) is 0 Å². The zero-order valence-electron chi connectivity index (χ0n) is 5.58. The molecule has 0 heterocycles. The average Bonchev–Trinajstić information content (AvgIpc) is 1.87. The molecule has 0 spiro atoms. The lowest BCUT2D eigenvalue weighted by molar-refractivity contribution is 0.0418. The van der Waals surface area contributed by atoms with Gasteiger partial charge in [-0.25, -0.2) is 0 Å². The zero-order chi connectivity index (χ0) is 6.62. The zero-order valence-corrected chi connectivity index (χ0v) is 7.40. The fraction of sp³-hybridized carbons (Fsp3) is 1.00. The van der Waals surface area contributed by atoms with Crippen LogP contribution in [0.25, 0.3) is 0 Å². The van der Waals surface area contributed by atoms with Gasteiger partial charge in [-0.05, 0) is 0 Å². The van der Waals surface area contributed by atoms with Gasteiger partial charge in [0.25, 0.3) is 0 Å². The first-order valence-electron chi connectivity index (χ1n) is 2.06. The van der Waals surface area contributed by atoms with Crippen LogP contribution in [0.4, 0.5) is 0 Å². The first-order valence-corrected chi connectivity index (χ1v) is 3.73. The SMILES string of the molecule is CO[Si](O)(OC)OC.Cl. The Hall–Kier alpha value is 0.347. The Morgan fingerprint density at radius 2 is 1.22 bits per heavy atom. The summed E-state index contributed by atoms with van der Waals surface area (Å²) in [5.74, 6) is 0. The van der Waals surface area contributed by atoms with Crippen LogP contribution >= 0.6 is 12.4 Å². The monoisotopic (exact) mass is 174 g/mol. The summed E-state index contributed by atoms with van der Waals surface area (Å²) in [4.78, 5) is 8.91. The van der Waals surface area contributed by atoms with Crippen molar-refractivity contribution >= 4 is 21.5 Å². The molecule has 58 valence electrons. The van der Waals surface area contributed by atoms with E-state index in [2.05, 4.69) is 13.3 Å². The quantitative estimate of drug-likeness (QED) is 0.601. The molecule has 0 unspecified atom stereocenters. The van der Waals surface area contributed by atoms with Crippen molar-refractivity contribution in [3.8, 4) is 0 Å². The van der Waals surface area contributed by atoms with Crippen molar-refractivity contribution in [3.63, 3.8) is 0 Å². The van der Waals surface area contributed by atoms with Crippen molar-refractivity contribution < 1.29 is 18.1 Å². The van der Waals surface area contributed by atoms with Crippen LogP contribution in [0.2, 0.25) is 0 Å². The Kier molecular flexibility index (Phi) is 6.91. The number of hydrogen-bond donors (Lipinski definition) is 1. The van der Waals surface area contributed by atoms with E-state index >= 15 is 0 Å². The minimum absolute atomic E-state index is 0. The molecule has 6 heteroatoms. The normalized spacial score (nSPS) is 10.7. The molecule has 0 bridgehead atoms. The molecule has 0 rings (SSSR count). The number of rotatable bonds is 3. The molecule has 0 saturated carbocycles. The fourth-order valence-corrected chi connectivity index (χ4v) is 0.750.